The maximum absolute atomic E-state index is 13.9. The van der Waals surface area contributed by atoms with Crippen molar-refractivity contribution in [2.45, 2.75) is 65.5 Å². The van der Waals surface area contributed by atoms with Crippen molar-refractivity contribution in [3.63, 3.8) is 0 Å². The van der Waals surface area contributed by atoms with Crippen molar-refractivity contribution >= 4 is 35.4 Å². The van der Waals surface area contributed by atoms with Crippen molar-refractivity contribution in [2.75, 3.05) is 11.9 Å². The van der Waals surface area contributed by atoms with Gasteiger partial charge in [-0.05, 0) is 57.0 Å². The number of aliphatic imine (C=N–C) groups is 1. The van der Waals surface area contributed by atoms with Crippen LogP contribution in [0.4, 0.5) is 24.5 Å². The molecule has 1 aromatic carbocycles. The van der Waals surface area contributed by atoms with Gasteiger partial charge >= 0.3 is 0 Å². The molecule has 0 saturated heterocycles. The molecule has 2 N–H and O–H groups in total. The van der Waals surface area contributed by atoms with Crippen LogP contribution in [-0.2, 0) is 5.54 Å². The summed E-state index contributed by atoms with van der Waals surface area (Å²) in [5, 5.41) is 25.0. The van der Waals surface area contributed by atoms with Crippen molar-refractivity contribution in [2.24, 2.45) is 10.4 Å². The fraction of sp³-hybridized carbons (Fsp3) is 0.414. The number of allylic oxidation sites excluding steroid dienone is 1. The summed E-state index contributed by atoms with van der Waals surface area (Å²) in [6, 6.07) is 7.64. The Labute approximate surface area is 242 Å². The second-order valence-electron chi connectivity index (χ2n) is 11.4. The lowest BCUT2D eigenvalue weighted by molar-refractivity contribution is 0.0593. The zero-order chi connectivity index (χ0) is 30.1. The number of aryl methyl sites for hydroxylation is 1. The third-order valence-corrected chi connectivity index (χ3v) is 7.26. The van der Waals surface area contributed by atoms with Crippen molar-refractivity contribution in [1.82, 2.24) is 25.3 Å². The third-order valence-electron chi connectivity index (χ3n) is 6.98. The number of rotatable bonds is 10. The largest absolute Gasteiger partial charge is 0.383 e. The minimum Gasteiger partial charge on any atom is -0.383 e. The van der Waals surface area contributed by atoms with Crippen LogP contribution < -0.4 is 10.6 Å². The van der Waals surface area contributed by atoms with E-state index >= 15 is 0 Å². The molecule has 41 heavy (non-hydrogen) atoms. The Morgan fingerprint density at radius 1 is 1.29 bits per heavy atom. The second-order valence-corrected chi connectivity index (χ2v) is 11.8. The monoisotopic (exact) mass is 584 g/mol. The highest BCUT2D eigenvalue weighted by Crippen LogP contribution is 2.48. The Kier molecular flexibility index (Phi) is 8.45. The second kappa shape index (κ2) is 11.5. The number of nitrogens with one attached hydrogen (secondary N) is 2. The van der Waals surface area contributed by atoms with Gasteiger partial charge in [0, 0.05) is 29.1 Å². The van der Waals surface area contributed by atoms with Gasteiger partial charge in [0.05, 0.1) is 40.3 Å². The van der Waals surface area contributed by atoms with Gasteiger partial charge in [0.1, 0.15) is 11.2 Å². The summed E-state index contributed by atoms with van der Waals surface area (Å²) in [6.45, 7) is 13.8. The smallest absolute Gasteiger partial charge is 0.263 e. The third kappa shape index (κ3) is 6.38. The van der Waals surface area contributed by atoms with E-state index in [2.05, 4.69) is 64.5 Å². The van der Waals surface area contributed by atoms with Crippen molar-refractivity contribution < 1.29 is 13.2 Å². The molecule has 1 aliphatic rings. The number of hydrogen-bond donors (Lipinski definition) is 2. The van der Waals surface area contributed by atoms with Crippen LogP contribution >= 0.6 is 11.6 Å². The van der Waals surface area contributed by atoms with Crippen LogP contribution in [0, 0.1) is 29.6 Å². The van der Waals surface area contributed by atoms with Gasteiger partial charge in [-0.15, -0.1) is 5.10 Å². The summed E-state index contributed by atoms with van der Waals surface area (Å²) < 4.78 is 42.7. The first kappa shape index (κ1) is 30.1. The van der Waals surface area contributed by atoms with E-state index in [1.165, 1.54) is 16.9 Å². The highest BCUT2D eigenvalue weighted by Gasteiger charge is 2.54. The minimum absolute atomic E-state index is 0.0937. The Morgan fingerprint density at radius 2 is 2.00 bits per heavy atom. The number of alkyl halides is 2. The molecule has 0 radical (unpaired) electrons. The molecule has 1 aliphatic carbocycles. The predicted molar refractivity (Wildman–Crippen MR) is 154 cm³/mol. The molecule has 0 unspecified atom stereocenters. The number of halogens is 4. The first-order valence-corrected chi connectivity index (χ1v) is 13.4. The van der Waals surface area contributed by atoms with E-state index in [1.54, 1.807) is 32.0 Å². The number of nitriles is 1. The molecule has 0 aliphatic heterocycles. The average Bonchev–Trinajstić information content (AvgIpc) is 3.57. The van der Waals surface area contributed by atoms with Gasteiger partial charge in [0.15, 0.2) is 0 Å². The zero-order valence-electron chi connectivity index (χ0n) is 23.6. The van der Waals surface area contributed by atoms with Crippen LogP contribution in [0.1, 0.15) is 69.1 Å². The molecule has 0 bridgehead atoms. The molecule has 1 saturated carbocycles. The molecule has 8 nitrogen and oxygen atoms in total. The summed E-state index contributed by atoms with van der Waals surface area (Å²) in [5.74, 6) is -0.651. The molecule has 4 rings (SSSR count). The SMILES string of the molecule is C=Nc1c(Cl)cc(N[C@H](c2cn(C3(C(F)F)CC3)nn2)c2ccc(F)nc2C)cc1/C(NCC(C)(C)C)=C(\C)C#N. The van der Waals surface area contributed by atoms with Gasteiger partial charge in [-0.25, -0.2) is 18.4 Å². The molecule has 0 amide bonds. The topological polar surface area (TPSA) is 104 Å². The van der Waals surface area contributed by atoms with Crippen LogP contribution in [0.5, 0.6) is 0 Å². The summed E-state index contributed by atoms with van der Waals surface area (Å²) >= 11 is 6.67. The van der Waals surface area contributed by atoms with Crippen LogP contribution in [0.15, 0.2) is 41.0 Å². The van der Waals surface area contributed by atoms with E-state index in [1.807, 2.05) is 0 Å². The van der Waals surface area contributed by atoms with Crippen LogP contribution in [-0.4, -0.2) is 39.7 Å². The van der Waals surface area contributed by atoms with E-state index in [0.717, 1.165) is 0 Å². The predicted octanol–water partition coefficient (Wildman–Crippen LogP) is 6.95. The Bertz CT molecular complexity index is 1530. The molecule has 1 atom stereocenters. The molecule has 1 fully saturated rings. The molecule has 2 aromatic heterocycles. The van der Waals surface area contributed by atoms with E-state index in [-0.39, 0.29) is 10.4 Å². The molecular formula is C29H32ClF3N8. The highest BCUT2D eigenvalue weighted by molar-refractivity contribution is 6.33. The average molecular weight is 585 g/mol. The Morgan fingerprint density at radius 3 is 2.56 bits per heavy atom. The molecular weight excluding hydrogens is 553 g/mol. The molecule has 216 valence electrons. The van der Waals surface area contributed by atoms with Gasteiger partial charge in [0.2, 0.25) is 5.95 Å². The zero-order valence-corrected chi connectivity index (χ0v) is 24.3. The Hall–Kier alpha value is -3.91. The molecule has 0 spiro atoms. The quantitative estimate of drug-likeness (QED) is 0.152. The lowest BCUT2D eigenvalue weighted by Gasteiger charge is -2.24. The molecule has 12 heteroatoms. The van der Waals surface area contributed by atoms with E-state index in [9.17, 15) is 18.4 Å². The summed E-state index contributed by atoms with van der Waals surface area (Å²) in [4.78, 5) is 8.07. The first-order chi connectivity index (χ1) is 19.3. The summed E-state index contributed by atoms with van der Waals surface area (Å²) in [7, 11) is 0. The fourth-order valence-electron chi connectivity index (χ4n) is 4.50. The van der Waals surface area contributed by atoms with Gasteiger partial charge < -0.3 is 10.6 Å². The highest BCUT2D eigenvalue weighted by atomic mass is 35.5. The maximum Gasteiger partial charge on any atom is 0.263 e. The van der Waals surface area contributed by atoms with E-state index < -0.39 is 24.0 Å². The Balaban J connectivity index is 1.82. The first-order valence-electron chi connectivity index (χ1n) is 13.1. The van der Waals surface area contributed by atoms with Gasteiger partial charge in [-0.1, -0.05) is 43.7 Å². The number of anilines is 1. The number of aromatic nitrogens is 4. The lowest BCUT2D eigenvalue weighted by atomic mass is 9.95. The fourth-order valence-corrected chi connectivity index (χ4v) is 4.78. The summed E-state index contributed by atoms with van der Waals surface area (Å²) in [5.41, 5.74) is 2.24. The standard InChI is InChI=1S/C29H32ClF3N8/c1-16(13-34)24(36-15-28(3,4)5)20-11-18(12-21(30)25(20)35-6)38-26(19-7-8-23(31)37-17(19)2)22-14-41(40-39-22)29(9-10-29)27(32)33/h7-8,11-12,14,26-27,36,38H,6,9-10,15H2,1-5H3/b24-16-/t26-/m0/s1. The maximum atomic E-state index is 13.9. The number of pyridine rings is 1. The van der Waals surface area contributed by atoms with Crippen molar-refractivity contribution in [1.29, 1.82) is 5.26 Å². The van der Waals surface area contributed by atoms with Gasteiger partial charge in [-0.2, -0.15) is 9.65 Å². The lowest BCUT2D eigenvalue weighted by Crippen LogP contribution is -2.26. The summed E-state index contributed by atoms with van der Waals surface area (Å²) in [6.07, 6.45) is -0.510. The minimum atomic E-state index is -2.59. The van der Waals surface area contributed by atoms with Crippen LogP contribution in [0.25, 0.3) is 5.70 Å². The number of benzene rings is 1. The van der Waals surface area contributed by atoms with Gasteiger partial charge in [-0.3, -0.25) is 4.99 Å². The van der Waals surface area contributed by atoms with Gasteiger partial charge in [0.25, 0.3) is 6.43 Å². The molecule has 3 aromatic rings. The van der Waals surface area contributed by atoms with Crippen LogP contribution in [0.3, 0.4) is 0 Å². The van der Waals surface area contributed by atoms with E-state index in [0.29, 0.717) is 64.5 Å². The van der Waals surface area contributed by atoms with Crippen LogP contribution in [0.2, 0.25) is 5.02 Å². The normalized spacial score (nSPS) is 15.6. The molecule has 2 heterocycles. The van der Waals surface area contributed by atoms with E-state index in [4.69, 9.17) is 11.6 Å². The number of nitrogens with zero attached hydrogens (tertiary/aromatic N) is 6. The van der Waals surface area contributed by atoms with Crippen molar-refractivity contribution in [3.8, 4) is 6.07 Å². The van der Waals surface area contributed by atoms with Crippen molar-refractivity contribution in [3.05, 3.63) is 69.5 Å². The number of hydrogen-bond acceptors (Lipinski definition) is 7.